The van der Waals surface area contributed by atoms with Crippen LogP contribution in [0.15, 0.2) is 53.4 Å². The van der Waals surface area contributed by atoms with E-state index in [-0.39, 0.29) is 0 Å². The first kappa shape index (κ1) is 14.0. The van der Waals surface area contributed by atoms with Gasteiger partial charge in [0, 0.05) is 4.90 Å². The third-order valence-electron chi connectivity index (χ3n) is 2.87. The van der Waals surface area contributed by atoms with Crippen molar-refractivity contribution in [3.63, 3.8) is 0 Å². The van der Waals surface area contributed by atoms with E-state index in [1.165, 1.54) is 16.0 Å². The van der Waals surface area contributed by atoms with Gasteiger partial charge in [-0.1, -0.05) is 24.3 Å². The third kappa shape index (κ3) is 4.01. The van der Waals surface area contributed by atoms with Gasteiger partial charge in [0.2, 0.25) is 0 Å². The van der Waals surface area contributed by atoms with E-state index >= 15 is 0 Å². The van der Waals surface area contributed by atoms with Crippen LogP contribution in [-0.2, 0) is 0 Å². The van der Waals surface area contributed by atoms with Crippen molar-refractivity contribution in [2.75, 3.05) is 19.4 Å². The first-order chi connectivity index (χ1) is 9.33. The summed E-state index contributed by atoms with van der Waals surface area (Å²) in [5, 5.41) is 0. The molecule has 3 heteroatoms. The van der Waals surface area contributed by atoms with Crippen LogP contribution in [0.5, 0.6) is 5.75 Å². The van der Waals surface area contributed by atoms with Gasteiger partial charge in [-0.05, 0) is 54.1 Å². The summed E-state index contributed by atoms with van der Waals surface area (Å²) < 4.78 is 5.25. The van der Waals surface area contributed by atoms with Gasteiger partial charge < -0.3 is 10.5 Å². The minimum atomic E-state index is 0.759. The number of methoxy groups -OCH3 is 1. The van der Waals surface area contributed by atoms with Crippen LogP contribution in [0.25, 0.3) is 11.1 Å². The van der Waals surface area contributed by atoms with Gasteiger partial charge in [0.05, 0.1) is 7.11 Å². The van der Waals surface area contributed by atoms with Crippen LogP contribution in [0.2, 0.25) is 0 Å². The van der Waals surface area contributed by atoms with Gasteiger partial charge in [-0.15, -0.1) is 11.8 Å². The van der Waals surface area contributed by atoms with E-state index in [0.717, 1.165) is 24.5 Å². The largest absolute Gasteiger partial charge is 0.497 e. The maximum absolute atomic E-state index is 5.49. The second kappa shape index (κ2) is 7.22. The van der Waals surface area contributed by atoms with Crippen molar-refractivity contribution in [1.82, 2.24) is 0 Å². The molecule has 2 aromatic carbocycles. The number of benzene rings is 2. The minimum Gasteiger partial charge on any atom is -0.497 e. The Hall–Kier alpha value is -1.45. The summed E-state index contributed by atoms with van der Waals surface area (Å²) in [5.41, 5.74) is 7.88. The van der Waals surface area contributed by atoms with E-state index in [4.69, 9.17) is 10.5 Å². The van der Waals surface area contributed by atoms with E-state index in [2.05, 4.69) is 36.4 Å². The summed E-state index contributed by atoms with van der Waals surface area (Å²) in [6, 6.07) is 16.7. The Morgan fingerprint density at radius 1 is 1.05 bits per heavy atom. The topological polar surface area (TPSA) is 35.2 Å². The molecule has 2 rings (SSSR count). The number of hydrogen-bond donors (Lipinski definition) is 1. The van der Waals surface area contributed by atoms with E-state index in [0.29, 0.717) is 0 Å². The Balaban J connectivity index is 2.08. The Bertz CT molecular complexity index is 510. The van der Waals surface area contributed by atoms with Crippen LogP contribution in [0, 0.1) is 0 Å². The minimum absolute atomic E-state index is 0.759. The molecule has 0 saturated heterocycles. The molecule has 0 aliphatic carbocycles. The van der Waals surface area contributed by atoms with E-state index in [9.17, 15) is 0 Å². The highest BCUT2D eigenvalue weighted by Gasteiger charge is 2.00. The second-order valence-corrected chi connectivity index (χ2v) is 5.42. The monoisotopic (exact) mass is 273 g/mol. The van der Waals surface area contributed by atoms with E-state index in [1.807, 2.05) is 23.9 Å². The van der Waals surface area contributed by atoms with Crippen molar-refractivity contribution < 1.29 is 4.74 Å². The fourth-order valence-corrected chi connectivity index (χ4v) is 2.69. The Labute approximate surface area is 119 Å². The molecule has 0 aliphatic rings. The number of thioether (sulfide) groups is 1. The summed E-state index contributed by atoms with van der Waals surface area (Å²) in [6.45, 7) is 0.759. The lowest BCUT2D eigenvalue weighted by atomic mass is 10.1. The summed E-state index contributed by atoms with van der Waals surface area (Å²) in [7, 11) is 1.69. The zero-order chi connectivity index (χ0) is 13.5. The maximum atomic E-state index is 5.49. The molecule has 100 valence electrons. The number of hydrogen-bond acceptors (Lipinski definition) is 3. The molecule has 0 bridgehead atoms. The lowest BCUT2D eigenvalue weighted by Crippen LogP contribution is -1.99. The highest BCUT2D eigenvalue weighted by atomic mass is 32.2. The highest BCUT2D eigenvalue weighted by Crippen LogP contribution is 2.26. The molecule has 0 aliphatic heterocycles. The van der Waals surface area contributed by atoms with Crippen molar-refractivity contribution in [2.24, 2.45) is 5.73 Å². The van der Waals surface area contributed by atoms with Crippen LogP contribution in [0.4, 0.5) is 0 Å². The van der Waals surface area contributed by atoms with Crippen molar-refractivity contribution in [3.8, 4) is 16.9 Å². The number of rotatable bonds is 6. The normalized spacial score (nSPS) is 10.4. The predicted molar refractivity (Wildman–Crippen MR) is 82.8 cm³/mol. The van der Waals surface area contributed by atoms with Crippen LogP contribution < -0.4 is 10.5 Å². The summed E-state index contributed by atoms with van der Waals surface area (Å²) >= 11 is 1.85. The zero-order valence-corrected chi connectivity index (χ0v) is 12.0. The third-order valence-corrected chi connectivity index (χ3v) is 3.97. The molecule has 0 amide bonds. The van der Waals surface area contributed by atoms with Crippen LogP contribution in [0.3, 0.4) is 0 Å². The molecule has 0 saturated carbocycles. The Morgan fingerprint density at radius 2 is 1.84 bits per heavy atom. The maximum Gasteiger partial charge on any atom is 0.119 e. The van der Waals surface area contributed by atoms with Gasteiger partial charge in [-0.3, -0.25) is 0 Å². The first-order valence-corrected chi connectivity index (χ1v) is 7.39. The average molecular weight is 273 g/mol. The molecular weight excluding hydrogens is 254 g/mol. The Morgan fingerprint density at radius 3 is 2.53 bits per heavy atom. The van der Waals surface area contributed by atoms with Crippen LogP contribution in [0.1, 0.15) is 6.42 Å². The highest BCUT2D eigenvalue weighted by molar-refractivity contribution is 7.99. The molecule has 0 fully saturated rings. The van der Waals surface area contributed by atoms with Crippen molar-refractivity contribution in [1.29, 1.82) is 0 Å². The van der Waals surface area contributed by atoms with Crippen molar-refractivity contribution in [3.05, 3.63) is 48.5 Å². The van der Waals surface area contributed by atoms with Gasteiger partial charge in [-0.2, -0.15) is 0 Å². The number of ether oxygens (including phenoxy) is 1. The fourth-order valence-electron chi connectivity index (χ4n) is 1.82. The summed E-state index contributed by atoms with van der Waals surface area (Å²) in [6.07, 6.45) is 1.06. The zero-order valence-electron chi connectivity index (χ0n) is 11.1. The molecule has 0 unspecified atom stereocenters. The molecular formula is C16H19NOS. The quantitative estimate of drug-likeness (QED) is 0.642. The van der Waals surface area contributed by atoms with E-state index < -0.39 is 0 Å². The van der Waals surface area contributed by atoms with E-state index in [1.54, 1.807) is 7.11 Å². The molecule has 2 nitrogen and oxygen atoms in total. The van der Waals surface area contributed by atoms with Gasteiger partial charge in [-0.25, -0.2) is 0 Å². The smallest absolute Gasteiger partial charge is 0.119 e. The van der Waals surface area contributed by atoms with Gasteiger partial charge in [0.1, 0.15) is 5.75 Å². The lowest BCUT2D eigenvalue weighted by molar-refractivity contribution is 0.415. The van der Waals surface area contributed by atoms with Crippen molar-refractivity contribution in [2.45, 2.75) is 11.3 Å². The van der Waals surface area contributed by atoms with Gasteiger partial charge in [0.15, 0.2) is 0 Å². The summed E-state index contributed by atoms with van der Waals surface area (Å²) in [4.78, 5) is 1.29. The molecule has 0 spiro atoms. The molecule has 0 heterocycles. The van der Waals surface area contributed by atoms with Crippen molar-refractivity contribution >= 4 is 11.8 Å². The number of nitrogens with two attached hydrogens (primary N) is 1. The lowest BCUT2D eigenvalue weighted by Gasteiger charge is -2.06. The summed E-state index contributed by atoms with van der Waals surface area (Å²) in [5.74, 6) is 1.97. The second-order valence-electron chi connectivity index (χ2n) is 4.25. The first-order valence-electron chi connectivity index (χ1n) is 6.41. The molecule has 19 heavy (non-hydrogen) atoms. The molecule has 0 radical (unpaired) electrons. The molecule has 0 aromatic heterocycles. The molecule has 0 atom stereocenters. The average Bonchev–Trinajstić information content (AvgIpc) is 2.48. The molecule has 2 N–H and O–H groups in total. The standard InChI is InChI=1S/C16H19NOS/c1-18-15-5-2-4-14(12-15)13-6-8-16(9-7-13)19-11-3-10-17/h2,4-9,12H,3,10-11,17H2,1H3. The predicted octanol–water partition coefficient (Wildman–Crippen LogP) is 3.80. The van der Waals surface area contributed by atoms with Crippen LogP contribution >= 0.6 is 11.8 Å². The fraction of sp³-hybridized carbons (Fsp3) is 0.250. The Kier molecular flexibility index (Phi) is 5.31. The molecule has 2 aromatic rings. The SMILES string of the molecule is COc1cccc(-c2ccc(SCCCN)cc2)c1. The van der Waals surface area contributed by atoms with Gasteiger partial charge in [0.25, 0.3) is 0 Å². The van der Waals surface area contributed by atoms with Crippen LogP contribution in [-0.4, -0.2) is 19.4 Å². The van der Waals surface area contributed by atoms with Gasteiger partial charge >= 0.3 is 0 Å².